The predicted octanol–water partition coefficient (Wildman–Crippen LogP) is 2.76. The third kappa shape index (κ3) is 6.48. The zero-order chi connectivity index (χ0) is 20.6. The molecule has 7 heteroatoms. The maximum absolute atomic E-state index is 12.4. The van der Waals surface area contributed by atoms with Crippen molar-refractivity contribution in [3.8, 4) is 0 Å². The number of benzene rings is 1. The summed E-state index contributed by atoms with van der Waals surface area (Å²) >= 11 is 0. The molecule has 0 atom stereocenters. The van der Waals surface area contributed by atoms with E-state index in [0.717, 1.165) is 24.1 Å². The lowest BCUT2D eigenvalue weighted by molar-refractivity contribution is -0.134. The van der Waals surface area contributed by atoms with Crippen LogP contribution in [0.5, 0.6) is 0 Å². The minimum Gasteiger partial charge on any atom is -0.347 e. The smallest absolute Gasteiger partial charge is 0.321 e. The van der Waals surface area contributed by atoms with Crippen LogP contribution in [-0.4, -0.2) is 60.4 Å². The summed E-state index contributed by atoms with van der Waals surface area (Å²) < 4.78 is 0. The van der Waals surface area contributed by atoms with Crippen molar-refractivity contribution in [2.75, 3.05) is 38.0 Å². The molecule has 29 heavy (non-hydrogen) atoms. The molecule has 0 bridgehead atoms. The number of carbonyl (C=O) groups is 3. The first-order chi connectivity index (χ1) is 14.0. The summed E-state index contributed by atoms with van der Waals surface area (Å²) in [5.41, 5.74) is 1.86. The largest absolute Gasteiger partial charge is 0.347 e. The van der Waals surface area contributed by atoms with Gasteiger partial charge >= 0.3 is 6.03 Å². The Morgan fingerprint density at radius 3 is 2.38 bits per heavy atom. The number of hydrogen-bond donors (Lipinski definition) is 2. The van der Waals surface area contributed by atoms with Crippen molar-refractivity contribution >= 4 is 23.5 Å². The number of nitrogens with one attached hydrogen (secondary N) is 2. The van der Waals surface area contributed by atoms with Gasteiger partial charge in [-0.3, -0.25) is 9.59 Å². The van der Waals surface area contributed by atoms with Crippen LogP contribution in [0.15, 0.2) is 24.3 Å². The monoisotopic (exact) mass is 400 g/mol. The second-order valence-corrected chi connectivity index (χ2v) is 8.15. The minimum absolute atomic E-state index is 0.0265. The molecule has 3 rings (SSSR count). The van der Waals surface area contributed by atoms with Gasteiger partial charge in [0.15, 0.2) is 0 Å². The van der Waals surface area contributed by atoms with E-state index in [1.54, 1.807) is 9.80 Å². The average Bonchev–Trinajstić information content (AvgIpc) is 2.73. The Morgan fingerprint density at radius 2 is 1.69 bits per heavy atom. The number of hydrogen-bond acceptors (Lipinski definition) is 3. The standard InChI is InChI=1S/C22H32N4O3/c1-17-6-5-9-19(14-17)24-22(29)26-12-10-25(11-13-26)21(28)16-23-20(27)15-18-7-3-2-4-8-18/h5-6,9,14,18H,2-4,7-8,10-13,15-16H2,1H3,(H,23,27)(H,24,29). The van der Waals surface area contributed by atoms with E-state index in [0.29, 0.717) is 38.5 Å². The highest BCUT2D eigenvalue weighted by atomic mass is 16.2. The second kappa shape index (κ2) is 10.3. The van der Waals surface area contributed by atoms with Gasteiger partial charge in [-0.2, -0.15) is 0 Å². The van der Waals surface area contributed by atoms with E-state index in [9.17, 15) is 14.4 Å². The van der Waals surface area contributed by atoms with Crippen molar-refractivity contribution in [3.63, 3.8) is 0 Å². The van der Waals surface area contributed by atoms with Crippen molar-refractivity contribution in [1.82, 2.24) is 15.1 Å². The molecule has 7 nitrogen and oxygen atoms in total. The van der Waals surface area contributed by atoms with Crippen LogP contribution in [0.4, 0.5) is 10.5 Å². The molecule has 0 aromatic heterocycles. The molecule has 1 aromatic rings. The molecule has 158 valence electrons. The average molecular weight is 401 g/mol. The minimum atomic E-state index is -0.150. The lowest BCUT2D eigenvalue weighted by Gasteiger charge is -2.34. The molecule has 2 aliphatic rings. The van der Waals surface area contributed by atoms with Gasteiger partial charge in [-0.25, -0.2) is 4.79 Å². The van der Waals surface area contributed by atoms with E-state index < -0.39 is 0 Å². The fourth-order valence-electron chi connectivity index (χ4n) is 4.10. The highest BCUT2D eigenvalue weighted by Gasteiger charge is 2.25. The van der Waals surface area contributed by atoms with Crippen molar-refractivity contribution in [2.45, 2.75) is 45.4 Å². The quantitative estimate of drug-likeness (QED) is 0.797. The van der Waals surface area contributed by atoms with Crippen LogP contribution in [0.1, 0.15) is 44.1 Å². The first kappa shape index (κ1) is 21.1. The van der Waals surface area contributed by atoms with Gasteiger partial charge in [-0.05, 0) is 43.4 Å². The topological polar surface area (TPSA) is 81.8 Å². The number of urea groups is 1. The summed E-state index contributed by atoms with van der Waals surface area (Å²) in [6.07, 6.45) is 6.45. The third-order valence-corrected chi connectivity index (χ3v) is 5.82. The fourth-order valence-corrected chi connectivity index (χ4v) is 4.10. The molecule has 2 N–H and O–H groups in total. The molecule has 4 amide bonds. The molecule has 0 spiro atoms. The number of rotatable bonds is 5. The van der Waals surface area contributed by atoms with Gasteiger partial charge in [-0.1, -0.05) is 31.4 Å². The normalized spacial score (nSPS) is 17.7. The van der Waals surface area contributed by atoms with Gasteiger partial charge in [0.25, 0.3) is 0 Å². The molecule has 0 radical (unpaired) electrons. The maximum Gasteiger partial charge on any atom is 0.321 e. The predicted molar refractivity (Wildman–Crippen MR) is 113 cm³/mol. The third-order valence-electron chi connectivity index (χ3n) is 5.82. The Balaban J connectivity index is 1.36. The second-order valence-electron chi connectivity index (χ2n) is 8.15. The number of anilines is 1. The van der Waals surface area contributed by atoms with Crippen LogP contribution in [0.3, 0.4) is 0 Å². The molecule has 1 aromatic carbocycles. The Labute approximate surface area is 172 Å². The maximum atomic E-state index is 12.4. The molecule has 1 saturated carbocycles. The Morgan fingerprint density at radius 1 is 1.00 bits per heavy atom. The van der Waals surface area contributed by atoms with Gasteiger partial charge in [-0.15, -0.1) is 0 Å². The lowest BCUT2D eigenvalue weighted by atomic mass is 9.87. The summed E-state index contributed by atoms with van der Waals surface area (Å²) in [6.45, 7) is 3.96. The van der Waals surface area contributed by atoms with Gasteiger partial charge in [0.05, 0.1) is 6.54 Å². The summed E-state index contributed by atoms with van der Waals surface area (Å²) in [6, 6.07) is 7.52. The van der Waals surface area contributed by atoms with E-state index in [2.05, 4.69) is 10.6 Å². The van der Waals surface area contributed by atoms with Crippen molar-refractivity contribution in [3.05, 3.63) is 29.8 Å². The van der Waals surface area contributed by atoms with E-state index in [4.69, 9.17) is 0 Å². The number of nitrogens with zero attached hydrogens (tertiary/aromatic N) is 2. The molecule has 1 aliphatic carbocycles. The van der Waals surface area contributed by atoms with Crippen LogP contribution in [-0.2, 0) is 9.59 Å². The van der Waals surface area contributed by atoms with Crippen LogP contribution in [0.25, 0.3) is 0 Å². The Hall–Kier alpha value is -2.57. The van der Waals surface area contributed by atoms with Gasteiger partial charge in [0.2, 0.25) is 11.8 Å². The van der Waals surface area contributed by atoms with Crippen molar-refractivity contribution in [2.24, 2.45) is 5.92 Å². The van der Waals surface area contributed by atoms with Crippen LogP contribution < -0.4 is 10.6 Å². The molecule has 0 unspecified atom stereocenters. The molecule has 1 saturated heterocycles. The highest BCUT2D eigenvalue weighted by molar-refractivity contribution is 5.90. The van der Waals surface area contributed by atoms with E-state index in [1.807, 2.05) is 31.2 Å². The number of aryl methyl sites for hydroxylation is 1. The Kier molecular flexibility index (Phi) is 7.49. The van der Waals surface area contributed by atoms with Gasteiger partial charge < -0.3 is 20.4 Å². The molecular formula is C22H32N4O3. The van der Waals surface area contributed by atoms with Crippen LogP contribution in [0, 0.1) is 12.8 Å². The molecular weight excluding hydrogens is 368 g/mol. The van der Waals surface area contributed by atoms with Crippen LogP contribution in [0.2, 0.25) is 0 Å². The van der Waals surface area contributed by atoms with Gasteiger partial charge in [0, 0.05) is 38.3 Å². The van der Waals surface area contributed by atoms with E-state index in [-0.39, 0.29) is 24.4 Å². The highest BCUT2D eigenvalue weighted by Crippen LogP contribution is 2.26. The Bertz CT molecular complexity index is 723. The molecule has 1 aliphatic heterocycles. The molecule has 1 heterocycles. The summed E-state index contributed by atoms with van der Waals surface area (Å²) in [4.78, 5) is 40.3. The number of piperazine rings is 1. The number of amides is 4. The summed E-state index contributed by atoms with van der Waals surface area (Å²) in [5, 5.41) is 5.68. The molecule has 2 fully saturated rings. The van der Waals surface area contributed by atoms with Crippen LogP contribution >= 0.6 is 0 Å². The fraction of sp³-hybridized carbons (Fsp3) is 0.591. The lowest BCUT2D eigenvalue weighted by Crippen LogP contribution is -2.53. The summed E-state index contributed by atoms with van der Waals surface area (Å²) in [7, 11) is 0. The zero-order valence-corrected chi connectivity index (χ0v) is 17.3. The number of carbonyl (C=O) groups excluding carboxylic acids is 3. The first-order valence-electron chi connectivity index (χ1n) is 10.7. The summed E-state index contributed by atoms with van der Waals surface area (Å²) in [5.74, 6) is 0.358. The van der Waals surface area contributed by atoms with Crippen molar-refractivity contribution in [1.29, 1.82) is 0 Å². The van der Waals surface area contributed by atoms with E-state index in [1.165, 1.54) is 19.3 Å². The van der Waals surface area contributed by atoms with E-state index >= 15 is 0 Å². The zero-order valence-electron chi connectivity index (χ0n) is 17.3. The van der Waals surface area contributed by atoms with Crippen molar-refractivity contribution < 1.29 is 14.4 Å². The SMILES string of the molecule is Cc1cccc(NC(=O)N2CCN(C(=O)CNC(=O)CC3CCCCC3)CC2)c1. The van der Waals surface area contributed by atoms with Gasteiger partial charge in [0.1, 0.15) is 0 Å². The first-order valence-corrected chi connectivity index (χ1v) is 10.7.